The lowest BCUT2D eigenvalue weighted by atomic mass is 10.0. The molecule has 100 valence electrons. The van der Waals surface area contributed by atoms with Crippen LogP contribution in [-0.4, -0.2) is 32.1 Å². The van der Waals surface area contributed by atoms with Crippen molar-refractivity contribution in [3.8, 4) is 0 Å². The topological polar surface area (TPSA) is 44.8 Å². The Morgan fingerprint density at radius 3 is 2.71 bits per heavy atom. The molecule has 0 aliphatic carbocycles. The number of hydrogen-bond donors (Lipinski definition) is 0. The van der Waals surface area contributed by atoms with Gasteiger partial charge in [-0.1, -0.05) is 20.3 Å². The highest BCUT2D eigenvalue weighted by Gasteiger charge is 2.18. The fourth-order valence-electron chi connectivity index (χ4n) is 1.74. The van der Waals surface area contributed by atoms with Crippen LogP contribution < -0.4 is 0 Å². The normalized spacial score (nSPS) is 18.2. The van der Waals surface area contributed by atoms with Crippen LogP contribution in [0.2, 0.25) is 0 Å². The van der Waals surface area contributed by atoms with Gasteiger partial charge >= 0.3 is 5.97 Å². The smallest absolute Gasteiger partial charge is 0.308 e. The van der Waals surface area contributed by atoms with Crippen LogP contribution in [-0.2, 0) is 19.0 Å². The molecule has 17 heavy (non-hydrogen) atoms. The lowest BCUT2D eigenvalue weighted by Gasteiger charge is -2.12. The highest BCUT2D eigenvalue weighted by molar-refractivity contribution is 5.71. The van der Waals surface area contributed by atoms with Crippen LogP contribution in [0.3, 0.4) is 0 Å². The SMILES string of the molecule is CCCCOC(=O)[C@H](C)CCCC1OCCO1. The van der Waals surface area contributed by atoms with E-state index in [1.165, 1.54) is 0 Å². The Labute approximate surface area is 104 Å². The molecule has 1 aliphatic heterocycles. The number of ether oxygens (including phenoxy) is 3. The molecule has 0 spiro atoms. The quantitative estimate of drug-likeness (QED) is 0.486. The maximum atomic E-state index is 11.6. The zero-order valence-corrected chi connectivity index (χ0v) is 10.9. The van der Waals surface area contributed by atoms with Gasteiger partial charge in [-0.25, -0.2) is 0 Å². The molecule has 0 aromatic carbocycles. The van der Waals surface area contributed by atoms with Gasteiger partial charge in [0.15, 0.2) is 6.29 Å². The first-order valence-electron chi connectivity index (χ1n) is 6.64. The molecule has 0 amide bonds. The molecule has 1 rings (SSSR count). The lowest BCUT2D eigenvalue weighted by Crippen LogP contribution is -2.16. The second-order valence-electron chi connectivity index (χ2n) is 4.52. The number of esters is 1. The summed E-state index contributed by atoms with van der Waals surface area (Å²) in [5.41, 5.74) is 0. The van der Waals surface area contributed by atoms with Crippen LogP contribution in [0.25, 0.3) is 0 Å². The Balaban J connectivity index is 2.02. The van der Waals surface area contributed by atoms with Gasteiger partial charge in [0.1, 0.15) is 0 Å². The Morgan fingerprint density at radius 1 is 1.35 bits per heavy atom. The van der Waals surface area contributed by atoms with Crippen molar-refractivity contribution in [1.82, 2.24) is 0 Å². The average molecular weight is 244 g/mol. The summed E-state index contributed by atoms with van der Waals surface area (Å²) in [6.45, 7) is 5.94. The van der Waals surface area contributed by atoms with Crippen LogP contribution >= 0.6 is 0 Å². The van der Waals surface area contributed by atoms with Crippen LogP contribution in [0.5, 0.6) is 0 Å². The molecule has 0 aromatic rings. The predicted octanol–water partition coefficient (Wildman–Crippen LogP) is 2.51. The van der Waals surface area contributed by atoms with Crippen molar-refractivity contribution in [3.05, 3.63) is 0 Å². The van der Waals surface area contributed by atoms with Gasteiger partial charge < -0.3 is 14.2 Å². The van der Waals surface area contributed by atoms with Crippen LogP contribution in [0.15, 0.2) is 0 Å². The van der Waals surface area contributed by atoms with E-state index in [1.807, 2.05) is 6.92 Å². The monoisotopic (exact) mass is 244 g/mol. The van der Waals surface area contributed by atoms with E-state index in [2.05, 4.69) is 6.92 Å². The van der Waals surface area contributed by atoms with Crippen molar-refractivity contribution in [2.24, 2.45) is 5.92 Å². The molecule has 0 radical (unpaired) electrons. The summed E-state index contributed by atoms with van der Waals surface area (Å²) in [5.74, 6) is -0.0973. The van der Waals surface area contributed by atoms with Crippen LogP contribution in [0, 0.1) is 5.92 Å². The third kappa shape index (κ3) is 6.03. The molecule has 0 N–H and O–H groups in total. The van der Waals surface area contributed by atoms with Gasteiger partial charge in [0.2, 0.25) is 0 Å². The molecular weight excluding hydrogens is 220 g/mol. The third-order valence-electron chi connectivity index (χ3n) is 2.91. The first kappa shape index (κ1) is 14.5. The molecule has 1 atom stereocenters. The average Bonchev–Trinajstić information content (AvgIpc) is 2.82. The van der Waals surface area contributed by atoms with Gasteiger partial charge in [-0.2, -0.15) is 0 Å². The maximum Gasteiger partial charge on any atom is 0.308 e. The Hall–Kier alpha value is -0.610. The van der Waals surface area contributed by atoms with E-state index in [-0.39, 0.29) is 18.2 Å². The predicted molar refractivity (Wildman–Crippen MR) is 64.6 cm³/mol. The minimum atomic E-state index is -0.0771. The van der Waals surface area contributed by atoms with E-state index in [0.717, 1.165) is 32.1 Å². The molecule has 1 fully saturated rings. The largest absolute Gasteiger partial charge is 0.465 e. The summed E-state index contributed by atoms with van der Waals surface area (Å²) in [6, 6.07) is 0. The molecule has 1 heterocycles. The summed E-state index contributed by atoms with van der Waals surface area (Å²) in [6.07, 6.45) is 4.59. The van der Waals surface area contributed by atoms with E-state index in [4.69, 9.17) is 14.2 Å². The number of carbonyl (C=O) groups excluding carboxylic acids is 1. The lowest BCUT2D eigenvalue weighted by molar-refractivity contribution is -0.148. The number of rotatable bonds is 8. The summed E-state index contributed by atoms with van der Waals surface area (Å²) >= 11 is 0. The van der Waals surface area contributed by atoms with Crippen molar-refractivity contribution in [1.29, 1.82) is 0 Å². The highest BCUT2D eigenvalue weighted by atomic mass is 16.7. The van der Waals surface area contributed by atoms with Gasteiger partial charge in [0.05, 0.1) is 25.7 Å². The van der Waals surface area contributed by atoms with Crippen molar-refractivity contribution in [2.75, 3.05) is 19.8 Å². The molecule has 0 aromatic heterocycles. The number of carbonyl (C=O) groups is 1. The van der Waals surface area contributed by atoms with Gasteiger partial charge in [-0.05, 0) is 25.7 Å². The van der Waals surface area contributed by atoms with Crippen LogP contribution in [0.1, 0.15) is 46.0 Å². The Bertz CT molecular complexity index is 211. The van der Waals surface area contributed by atoms with Gasteiger partial charge in [-0.15, -0.1) is 0 Å². The number of unbranched alkanes of at least 4 members (excludes halogenated alkanes) is 1. The van der Waals surface area contributed by atoms with E-state index in [0.29, 0.717) is 19.8 Å². The summed E-state index contributed by atoms with van der Waals surface area (Å²) in [7, 11) is 0. The van der Waals surface area contributed by atoms with Crippen LogP contribution in [0.4, 0.5) is 0 Å². The maximum absolute atomic E-state index is 11.6. The first-order chi connectivity index (χ1) is 8.24. The fourth-order valence-corrected chi connectivity index (χ4v) is 1.74. The van der Waals surface area contributed by atoms with Crippen molar-refractivity contribution >= 4 is 5.97 Å². The highest BCUT2D eigenvalue weighted by Crippen LogP contribution is 2.15. The standard InChI is InChI=1S/C13H24O4/c1-3-4-8-17-13(14)11(2)6-5-7-12-15-9-10-16-12/h11-12H,3-10H2,1-2H3/t11-/m1/s1. The minimum Gasteiger partial charge on any atom is -0.465 e. The second kappa shape index (κ2) is 8.48. The van der Waals surface area contributed by atoms with E-state index in [1.54, 1.807) is 0 Å². The molecule has 1 saturated heterocycles. The molecule has 4 heteroatoms. The molecule has 0 bridgehead atoms. The number of hydrogen-bond acceptors (Lipinski definition) is 4. The Kier molecular flexibility index (Phi) is 7.21. The van der Waals surface area contributed by atoms with Crippen molar-refractivity contribution < 1.29 is 19.0 Å². The molecule has 0 saturated carbocycles. The van der Waals surface area contributed by atoms with Crippen molar-refractivity contribution in [3.63, 3.8) is 0 Å². The van der Waals surface area contributed by atoms with E-state index >= 15 is 0 Å². The second-order valence-corrected chi connectivity index (χ2v) is 4.52. The molecule has 0 unspecified atom stereocenters. The van der Waals surface area contributed by atoms with Gasteiger partial charge in [0, 0.05) is 0 Å². The molecular formula is C13H24O4. The van der Waals surface area contributed by atoms with Gasteiger partial charge in [0.25, 0.3) is 0 Å². The zero-order valence-electron chi connectivity index (χ0n) is 10.9. The summed E-state index contributed by atoms with van der Waals surface area (Å²) < 4.78 is 15.8. The fraction of sp³-hybridized carbons (Fsp3) is 0.923. The van der Waals surface area contributed by atoms with E-state index < -0.39 is 0 Å². The van der Waals surface area contributed by atoms with Crippen molar-refractivity contribution in [2.45, 2.75) is 52.2 Å². The summed E-state index contributed by atoms with van der Waals surface area (Å²) in [5, 5.41) is 0. The third-order valence-corrected chi connectivity index (χ3v) is 2.91. The summed E-state index contributed by atoms with van der Waals surface area (Å²) in [4.78, 5) is 11.6. The zero-order chi connectivity index (χ0) is 12.5. The van der Waals surface area contributed by atoms with Gasteiger partial charge in [-0.3, -0.25) is 4.79 Å². The molecule has 1 aliphatic rings. The Morgan fingerprint density at radius 2 is 2.06 bits per heavy atom. The van der Waals surface area contributed by atoms with E-state index in [9.17, 15) is 4.79 Å². The first-order valence-corrected chi connectivity index (χ1v) is 6.64. The molecule has 4 nitrogen and oxygen atoms in total. The minimum absolute atomic E-state index is 0.0201.